The minimum Gasteiger partial charge on any atom is -0.370 e. The zero-order valence-corrected chi connectivity index (χ0v) is 11.4. The molecule has 0 aliphatic rings. The fraction of sp³-hybridized carbons (Fsp3) is 0.583. The van der Waals surface area contributed by atoms with Crippen LogP contribution in [0.3, 0.4) is 0 Å². The molecule has 0 radical (unpaired) electrons. The monoisotopic (exact) mass is 251 g/mol. The second-order valence-electron chi connectivity index (χ2n) is 4.74. The maximum Gasteiger partial charge on any atom is 0.242 e. The van der Waals surface area contributed by atoms with Crippen LogP contribution in [0.5, 0.6) is 0 Å². The Morgan fingerprint density at radius 3 is 2.56 bits per heavy atom. The molecule has 0 aliphatic carbocycles. The third-order valence-electron chi connectivity index (χ3n) is 2.67. The van der Waals surface area contributed by atoms with Crippen LogP contribution in [0.1, 0.15) is 32.8 Å². The highest BCUT2D eigenvalue weighted by atomic mass is 16.1. The standard InChI is InChI=1S/C12H21N5O/c1-5-6-14-9-8(2)10(16-7-15-9)17-12(3,4)11(13)18/h7H,5-6H2,1-4H3,(H2,13,18)(H2,14,15,16,17). The van der Waals surface area contributed by atoms with Crippen molar-refractivity contribution in [2.75, 3.05) is 17.2 Å². The SMILES string of the molecule is CCCNc1ncnc(NC(C)(C)C(N)=O)c1C. The number of carbonyl (C=O) groups excluding carboxylic acids is 1. The molecule has 1 heterocycles. The molecular formula is C12H21N5O. The lowest BCUT2D eigenvalue weighted by Crippen LogP contribution is -2.45. The predicted molar refractivity (Wildman–Crippen MR) is 72.4 cm³/mol. The van der Waals surface area contributed by atoms with Gasteiger partial charge >= 0.3 is 0 Å². The smallest absolute Gasteiger partial charge is 0.242 e. The zero-order valence-electron chi connectivity index (χ0n) is 11.4. The lowest BCUT2D eigenvalue weighted by Gasteiger charge is -2.24. The molecule has 0 aromatic carbocycles. The van der Waals surface area contributed by atoms with Gasteiger partial charge in [-0.15, -0.1) is 0 Å². The summed E-state index contributed by atoms with van der Waals surface area (Å²) in [4.78, 5) is 19.6. The van der Waals surface area contributed by atoms with Crippen LogP contribution in [-0.2, 0) is 4.79 Å². The highest BCUT2D eigenvalue weighted by molar-refractivity contribution is 5.87. The van der Waals surface area contributed by atoms with Gasteiger partial charge in [0.05, 0.1) is 0 Å². The van der Waals surface area contributed by atoms with E-state index in [9.17, 15) is 4.79 Å². The quantitative estimate of drug-likeness (QED) is 0.708. The summed E-state index contributed by atoms with van der Waals surface area (Å²) in [5.41, 5.74) is 5.36. The molecule has 0 bridgehead atoms. The van der Waals surface area contributed by atoms with E-state index in [1.54, 1.807) is 13.8 Å². The molecule has 0 unspecified atom stereocenters. The number of hydrogen-bond donors (Lipinski definition) is 3. The number of rotatable bonds is 6. The van der Waals surface area contributed by atoms with E-state index in [0.717, 1.165) is 24.3 Å². The number of anilines is 2. The van der Waals surface area contributed by atoms with Gasteiger partial charge in [0, 0.05) is 12.1 Å². The van der Waals surface area contributed by atoms with Gasteiger partial charge in [-0.25, -0.2) is 9.97 Å². The topological polar surface area (TPSA) is 92.9 Å². The van der Waals surface area contributed by atoms with Gasteiger partial charge in [0.2, 0.25) is 5.91 Å². The van der Waals surface area contributed by atoms with E-state index in [1.807, 2.05) is 6.92 Å². The first-order valence-corrected chi connectivity index (χ1v) is 6.02. The number of nitrogens with zero attached hydrogens (tertiary/aromatic N) is 2. The Bertz CT molecular complexity index is 430. The third kappa shape index (κ3) is 3.32. The van der Waals surface area contributed by atoms with E-state index in [4.69, 9.17) is 5.73 Å². The van der Waals surface area contributed by atoms with Gasteiger partial charge < -0.3 is 16.4 Å². The minimum absolute atomic E-state index is 0.427. The first-order chi connectivity index (χ1) is 8.38. The van der Waals surface area contributed by atoms with Crippen molar-refractivity contribution in [3.63, 3.8) is 0 Å². The number of nitrogens with one attached hydrogen (secondary N) is 2. The Balaban J connectivity index is 2.93. The second kappa shape index (κ2) is 5.66. The molecule has 18 heavy (non-hydrogen) atoms. The molecule has 1 amide bonds. The van der Waals surface area contributed by atoms with Crippen LogP contribution >= 0.6 is 0 Å². The second-order valence-corrected chi connectivity index (χ2v) is 4.74. The molecule has 4 N–H and O–H groups in total. The van der Waals surface area contributed by atoms with Gasteiger partial charge in [0.15, 0.2) is 0 Å². The van der Waals surface area contributed by atoms with Gasteiger partial charge in [-0.2, -0.15) is 0 Å². The summed E-state index contributed by atoms with van der Waals surface area (Å²) in [6.45, 7) is 8.26. The van der Waals surface area contributed by atoms with Crippen molar-refractivity contribution >= 4 is 17.5 Å². The Labute approximate surface area is 107 Å². The van der Waals surface area contributed by atoms with Crippen molar-refractivity contribution in [2.24, 2.45) is 5.73 Å². The number of nitrogens with two attached hydrogens (primary N) is 1. The predicted octanol–water partition coefficient (Wildman–Crippen LogP) is 1.28. The van der Waals surface area contributed by atoms with E-state index < -0.39 is 11.4 Å². The maximum atomic E-state index is 11.3. The summed E-state index contributed by atoms with van der Waals surface area (Å²) in [7, 11) is 0. The number of carbonyl (C=O) groups is 1. The average Bonchev–Trinajstić information content (AvgIpc) is 2.30. The van der Waals surface area contributed by atoms with Crippen LogP contribution in [0.4, 0.5) is 11.6 Å². The molecule has 6 nitrogen and oxygen atoms in total. The average molecular weight is 251 g/mol. The van der Waals surface area contributed by atoms with E-state index in [2.05, 4.69) is 27.5 Å². The number of amides is 1. The Morgan fingerprint density at radius 1 is 1.39 bits per heavy atom. The van der Waals surface area contributed by atoms with Gasteiger partial charge in [-0.3, -0.25) is 4.79 Å². The number of primary amides is 1. The highest BCUT2D eigenvalue weighted by Gasteiger charge is 2.26. The third-order valence-corrected chi connectivity index (χ3v) is 2.67. The van der Waals surface area contributed by atoms with Crippen LogP contribution in [-0.4, -0.2) is 28.0 Å². The van der Waals surface area contributed by atoms with Gasteiger partial charge in [-0.05, 0) is 27.2 Å². The summed E-state index contributed by atoms with van der Waals surface area (Å²) in [6.07, 6.45) is 2.48. The van der Waals surface area contributed by atoms with Crippen LogP contribution in [0.2, 0.25) is 0 Å². The first kappa shape index (κ1) is 14.2. The molecule has 0 spiro atoms. The van der Waals surface area contributed by atoms with Gasteiger partial charge in [-0.1, -0.05) is 6.92 Å². The number of hydrogen-bond acceptors (Lipinski definition) is 5. The lowest BCUT2D eigenvalue weighted by atomic mass is 10.0. The fourth-order valence-corrected chi connectivity index (χ4v) is 1.36. The van der Waals surface area contributed by atoms with Gasteiger partial charge in [0.25, 0.3) is 0 Å². The van der Waals surface area contributed by atoms with E-state index >= 15 is 0 Å². The normalized spacial score (nSPS) is 11.1. The molecule has 1 aromatic rings. The van der Waals surface area contributed by atoms with Crippen molar-refractivity contribution in [1.82, 2.24) is 9.97 Å². The zero-order chi connectivity index (χ0) is 13.8. The van der Waals surface area contributed by atoms with Crippen molar-refractivity contribution in [2.45, 2.75) is 39.7 Å². The Morgan fingerprint density at radius 2 is 2.00 bits per heavy atom. The molecule has 0 atom stereocenters. The van der Waals surface area contributed by atoms with Crippen LogP contribution in [0.25, 0.3) is 0 Å². The van der Waals surface area contributed by atoms with Crippen molar-refractivity contribution in [1.29, 1.82) is 0 Å². The Kier molecular flexibility index (Phi) is 4.47. The maximum absolute atomic E-state index is 11.3. The summed E-state index contributed by atoms with van der Waals surface area (Å²) in [5.74, 6) is 0.964. The first-order valence-electron chi connectivity index (χ1n) is 6.02. The summed E-state index contributed by atoms with van der Waals surface area (Å²) < 4.78 is 0. The molecule has 1 rings (SSSR count). The van der Waals surface area contributed by atoms with Crippen molar-refractivity contribution in [3.05, 3.63) is 11.9 Å². The number of aromatic nitrogens is 2. The lowest BCUT2D eigenvalue weighted by molar-refractivity contribution is -0.121. The minimum atomic E-state index is -0.846. The summed E-state index contributed by atoms with van der Waals surface area (Å²) >= 11 is 0. The molecule has 0 saturated heterocycles. The molecular weight excluding hydrogens is 230 g/mol. The van der Waals surface area contributed by atoms with Crippen LogP contribution in [0.15, 0.2) is 6.33 Å². The largest absolute Gasteiger partial charge is 0.370 e. The Hall–Kier alpha value is -1.85. The van der Waals surface area contributed by atoms with Crippen LogP contribution < -0.4 is 16.4 Å². The van der Waals surface area contributed by atoms with E-state index in [0.29, 0.717) is 5.82 Å². The molecule has 0 fully saturated rings. The molecule has 6 heteroatoms. The highest BCUT2D eigenvalue weighted by Crippen LogP contribution is 2.21. The van der Waals surface area contributed by atoms with Crippen molar-refractivity contribution < 1.29 is 4.79 Å². The fourth-order valence-electron chi connectivity index (χ4n) is 1.36. The molecule has 0 aliphatic heterocycles. The summed E-state index contributed by atoms with van der Waals surface area (Å²) in [5, 5.41) is 6.25. The van der Waals surface area contributed by atoms with Crippen LogP contribution in [0, 0.1) is 6.92 Å². The molecule has 0 saturated carbocycles. The van der Waals surface area contributed by atoms with Gasteiger partial charge in [0.1, 0.15) is 23.5 Å². The van der Waals surface area contributed by atoms with Crippen molar-refractivity contribution in [3.8, 4) is 0 Å². The molecule has 100 valence electrons. The van der Waals surface area contributed by atoms with E-state index in [1.165, 1.54) is 6.33 Å². The van der Waals surface area contributed by atoms with E-state index in [-0.39, 0.29) is 0 Å². The summed E-state index contributed by atoms with van der Waals surface area (Å²) in [6, 6.07) is 0. The molecule has 1 aromatic heterocycles.